The molecular formula is C13H18N4O2. The fraction of sp³-hybridized carbons (Fsp3) is 0.385. The quantitative estimate of drug-likeness (QED) is 0.638. The summed E-state index contributed by atoms with van der Waals surface area (Å²) in [6.45, 7) is 2.60. The van der Waals surface area contributed by atoms with Crippen LogP contribution in [0.15, 0.2) is 24.3 Å². The van der Waals surface area contributed by atoms with Crippen molar-refractivity contribution >= 4 is 11.7 Å². The number of methoxy groups -OCH3 is 1. The Labute approximate surface area is 112 Å². The molecule has 6 heteroatoms. The second kappa shape index (κ2) is 8.91. The second-order valence-electron chi connectivity index (χ2n) is 3.82. The molecule has 1 aromatic rings. The Morgan fingerprint density at radius 2 is 2.21 bits per heavy atom. The van der Waals surface area contributed by atoms with Crippen LogP contribution in [0, 0.1) is 11.3 Å². The van der Waals surface area contributed by atoms with Gasteiger partial charge in [-0.05, 0) is 18.2 Å². The summed E-state index contributed by atoms with van der Waals surface area (Å²) in [5, 5.41) is 17.2. The summed E-state index contributed by atoms with van der Waals surface area (Å²) in [5.74, 6) is 0. The number of hydrogen-bond donors (Lipinski definition) is 3. The molecule has 6 nitrogen and oxygen atoms in total. The van der Waals surface area contributed by atoms with Crippen molar-refractivity contribution in [1.29, 1.82) is 5.26 Å². The third-order valence-corrected chi connectivity index (χ3v) is 2.32. The highest BCUT2D eigenvalue weighted by molar-refractivity contribution is 5.89. The molecule has 0 aliphatic carbocycles. The molecule has 0 saturated heterocycles. The highest BCUT2D eigenvalue weighted by Gasteiger charge is 2.01. The van der Waals surface area contributed by atoms with E-state index in [9.17, 15) is 4.79 Å². The van der Waals surface area contributed by atoms with Gasteiger partial charge in [0.25, 0.3) is 0 Å². The van der Waals surface area contributed by atoms with Crippen LogP contribution < -0.4 is 16.0 Å². The van der Waals surface area contributed by atoms with Crippen molar-refractivity contribution in [3.63, 3.8) is 0 Å². The summed E-state index contributed by atoms with van der Waals surface area (Å²) in [6.07, 6.45) is 0. The first-order valence-corrected chi connectivity index (χ1v) is 6.01. The Bertz CT molecular complexity index is 443. The molecule has 0 radical (unpaired) electrons. The normalized spacial score (nSPS) is 9.68. The van der Waals surface area contributed by atoms with E-state index in [-0.39, 0.29) is 6.03 Å². The molecule has 0 atom stereocenters. The molecule has 1 aromatic carbocycles. The van der Waals surface area contributed by atoms with Crippen LogP contribution in [0.25, 0.3) is 0 Å². The van der Waals surface area contributed by atoms with E-state index in [1.165, 1.54) is 0 Å². The topological polar surface area (TPSA) is 86.2 Å². The molecule has 1 rings (SSSR count). The Morgan fingerprint density at radius 3 is 2.95 bits per heavy atom. The molecule has 3 N–H and O–H groups in total. The number of urea groups is 1. The molecule has 0 aromatic heterocycles. The minimum Gasteiger partial charge on any atom is -0.383 e. The molecule has 0 bridgehead atoms. The van der Waals surface area contributed by atoms with Gasteiger partial charge >= 0.3 is 6.03 Å². The van der Waals surface area contributed by atoms with Crippen LogP contribution in [0.3, 0.4) is 0 Å². The zero-order valence-corrected chi connectivity index (χ0v) is 10.9. The van der Waals surface area contributed by atoms with Crippen LogP contribution in [-0.4, -0.2) is 39.4 Å². The minimum atomic E-state index is -0.288. The van der Waals surface area contributed by atoms with Gasteiger partial charge in [-0.15, -0.1) is 0 Å². The van der Waals surface area contributed by atoms with E-state index in [4.69, 9.17) is 10.00 Å². The van der Waals surface area contributed by atoms with Crippen molar-refractivity contribution in [2.45, 2.75) is 0 Å². The van der Waals surface area contributed by atoms with Gasteiger partial charge < -0.3 is 20.7 Å². The van der Waals surface area contributed by atoms with E-state index in [1.54, 1.807) is 31.4 Å². The summed E-state index contributed by atoms with van der Waals surface area (Å²) in [5.41, 5.74) is 1.11. The number of ether oxygens (including phenoxy) is 1. The first-order chi connectivity index (χ1) is 9.26. The monoisotopic (exact) mass is 262 g/mol. The van der Waals surface area contributed by atoms with Crippen LogP contribution in [0.4, 0.5) is 10.5 Å². The third-order valence-electron chi connectivity index (χ3n) is 2.32. The van der Waals surface area contributed by atoms with Crippen LogP contribution in [0.1, 0.15) is 5.56 Å². The van der Waals surface area contributed by atoms with Crippen molar-refractivity contribution in [2.24, 2.45) is 0 Å². The Hall–Kier alpha value is -2.10. The number of nitriles is 1. The maximum absolute atomic E-state index is 11.5. The molecule has 0 aliphatic heterocycles. The number of carbonyl (C=O) groups is 1. The smallest absolute Gasteiger partial charge is 0.319 e. The Kier molecular flexibility index (Phi) is 7.02. The number of hydrogen-bond acceptors (Lipinski definition) is 4. The lowest BCUT2D eigenvalue weighted by atomic mass is 10.2. The van der Waals surface area contributed by atoms with E-state index in [1.807, 2.05) is 6.07 Å². The maximum atomic E-state index is 11.5. The van der Waals surface area contributed by atoms with Crippen LogP contribution in [-0.2, 0) is 4.74 Å². The van der Waals surface area contributed by atoms with E-state index >= 15 is 0 Å². The van der Waals surface area contributed by atoms with Gasteiger partial charge in [0.1, 0.15) is 0 Å². The predicted octanol–water partition coefficient (Wildman–Crippen LogP) is 0.916. The number of rotatable bonds is 7. The van der Waals surface area contributed by atoms with Gasteiger partial charge in [0.05, 0.1) is 18.2 Å². The second-order valence-corrected chi connectivity index (χ2v) is 3.82. The number of nitrogens with one attached hydrogen (secondary N) is 3. The number of nitrogens with zero attached hydrogens (tertiary/aromatic N) is 1. The van der Waals surface area contributed by atoms with Crippen LogP contribution in [0.2, 0.25) is 0 Å². The summed E-state index contributed by atoms with van der Waals surface area (Å²) >= 11 is 0. The van der Waals surface area contributed by atoms with E-state index < -0.39 is 0 Å². The fourth-order valence-electron chi connectivity index (χ4n) is 1.41. The average Bonchev–Trinajstić information content (AvgIpc) is 2.43. The van der Waals surface area contributed by atoms with Crippen LogP contribution in [0.5, 0.6) is 0 Å². The number of benzene rings is 1. The third kappa shape index (κ3) is 6.41. The molecule has 0 spiro atoms. The lowest BCUT2D eigenvalue weighted by Crippen LogP contribution is -2.35. The Balaban J connectivity index is 2.22. The molecule has 0 saturated carbocycles. The molecule has 102 valence electrons. The standard InChI is InChI=1S/C13H18N4O2/c1-19-8-7-15-5-6-16-13(18)17-12-4-2-3-11(9-12)10-14/h2-4,9,15H,5-8H2,1H3,(H2,16,17,18). The zero-order valence-electron chi connectivity index (χ0n) is 10.9. The molecule has 0 heterocycles. The highest BCUT2D eigenvalue weighted by Crippen LogP contribution is 2.09. The van der Waals surface area contributed by atoms with Gasteiger partial charge in [-0.1, -0.05) is 6.07 Å². The van der Waals surface area contributed by atoms with Crippen LogP contribution >= 0.6 is 0 Å². The van der Waals surface area contributed by atoms with Gasteiger partial charge in [0.2, 0.25) is 0 Å². The Morgan fingerprint density at radius 1 is 1.37 bits per heavy atom. The molecule has 19 heavy (non-hydrogen) atoms. The van der Waals surface area contributed by atoms with Gasteiger partial charge in [-0.25, -0.2) is 4.79 Å². The van der Waals surface area contributed by atoms with Crippen molar-refractivity contribution in [1.82, 2.24) is 10.6 Å². The highest BCUT2D eigenvalue weighted by atomic mass is 16.5. The fourth-order valence-corrected chi connectivity index (χ4v) is 1.41. The van der Waals surface area contributed by atoms with Crippen molar-refractivity contribution in [2.75, 3.05) is 38.7 Å². The first-order valence-electron chi connectivity index (χ1n) is 6.01. The molecule has 2 amide bonds. The average molecular weight is 262 g/mol. The first kappa shape index (κ1) is 15.0. The summed E-state index contributed by atoms with van der Waals surface area (Å²) in [4.78, 5) is 11.5. The predicted molar refractivity (Wildman–Crippen MR) is 72.9 cm³/mol. The van der Waals surface area contributed by atoms with E-state index in [2.05, 4.69) is 16.0 Å². The SMILES string of the molecule is COCCNCCNC(=O)Nc1cccc(C#N)c1. The molecule has 0 aliphatic rings. The molecule has 0 fully saturated rings. The summed E-state index contributed by atoms with van der Waals surface area (Å²) < 4.78 is 4.88. The number of carbonyl (C=O) groups excluding carboxylic acids is 1. The summed E-state index contributed by atoms with van der Waals surface area (Å²) in [7, 11) is 1.64. The van der Waals surface area contributed by atoms with E-state index in [0.29, 0.717) is 30.9 Å². The van der Waals surface area contributed by atoms with E-state index in [0.717, 1.165) is 6.54 Å². The van der Waals surface area contributed by atoms with Crippen molar-refractivity contribution < 1.29 is 9.53 Å². The molecular weight excluding hydrogens is 244 g/mol. The van der Waals surface area contributed by atoms with Gasteiger partial charge in [0.15, 0.2) is 0 Å². The minimum absolute atomic E-state index is 0.288. The largest absolute Gasteiger partial charge is 0.383 e. The van der Waals surface area contributed by atoms with Gasteiger partial charge in [-0.3, -0.25) is 0 Å². The van der Waals surface area contributed by atoms with Gasteiger partial charge in [-0.2, -0.15) is 5.26 Å². The number of anilines is 1. The lowest BCUT2D eigenvalue weighted by molar-refractivity contribution is 0.199. The maximum Gasteiger partial charge on any atom is 0.319 e. The lowest BCUT2D eigenvalue weighted by Gasteiger charge is -2.08. The van der Waals surface area contributed by atoms with Crippen molar-refractivity contribution in [3.05, 3.63) is 29.8 Å². The zero-order chi connectivity index (χ0) is 13.9. The molecule has 0 unspecified atom stereocenters. The van der Waals surface area contributed by atoms with Gasteiger partial charge in [0, 0.05) is 32.4 Å². The summed E-state index contributed by atoms with van der Waals surface area (Å²) in [6, 6.07) is 8.49. The number of amides is 2. The van der Waals surface area contributed by atoms with Crippen molar-refractivity contribution in [3.8, 4) is 6.07 Å².